The quantitative estimate of drug-likeness (QED) is 0.672. The molecule has 0 N–H and O–H groups in total. The number of fused-ring (bicyclic) bond motifs is 1. The van der Waals surface area contributed by atoms with Crippen molar-refractivity contribution in [3.8, 4) is 11.3 Å². The summed E-state index contributed by atoms with van der Waals surface area (Å²) in [6.07, 6.45) is -1.75. The summed E-state index contributed by atoms with van der Waals surface area (Å²) < 4.78 is 45.4. The Kier molecular flexibility index (Phi) is 4.47. The average Bonchev–Trinajstić information content (AvgIpc) is 3.09. The van der Waals surface area contributed by atoms with E-state index in [0.717, 1.165) is 36.1 Å². The number of nitrogens with zero attached hydrogens (tertiary/aromatic N) is 3. The molecule has 0 unspecified atom stereocenters. The number of rotatable bonds is 3. The maximum absolute atomic E-state index is 13.2. The molecule has 0 saturated heterocycles. The smallest absolute Gasteiger partial charge is 0.417 e. The molecular formula is C20H18F3N3O. The molecule has 1 aliphatic heterocycles. The van der Waals surface area contributed by atoms with Crippen LogP contribution < -0.4 is 0 Å². The van der Waals surface area contributed by atoms with E-state index in [-0.39, 0.29) is 11.3 Å². The molecule has 3 heterocycles. The maximum atomic E-state index is 13.2. The van der Waals surface area contributed by atoms with Crippen molar-refractivity contribution in [2.75, 3.05) is 6.54 Å². The first-order valence-corrected chi connectivity index (χ1v) is 8.69. The highest BCUT2D eigenvalue weighted by molar-refractivity contribution is 5.63. The van der Waals surface area contributed by atoms with Crippen LogP contribution in [0.1, 0.15) is 28.4 Å². The first kappa shape index (κ1) is 17.7. The highest BCUT2D eigenvalue weighted by atomic mass is 19.4. The van der Waals surface area contributed by atoms with Crippen molar-refractivity contribution in [3.05, 3.63) is 71.0 Å². The minimum atomic E-state index is -4.42. The normalized spacial score (nSPS) is 15.0. The molecule has 7 heteroatoms. The third kappa shape index (κ3) is 3.73. The topological polar surface area (TPSA) is 42.2 Å². The Balaban J connectivity index is 1.52. The standard InChI is InChI=1S/C20H18F3N3O/c1-13-24-10-14-11-26(9-8-18(14)25-13)12-15-6-7-19(27-15)16-4-2-3-5-17(16)20(21,22)23/h2-7,10H,8-9,11-12H2,1H3. The Labute approximate surface area is 154 Å². The molecule has 0 aliphatic carbocycles. The van der Waals surface area contributed by atoms with Gasteiger partial charge >= 0.3 is 6.18 Å². The lowest BCUT2D eigenvalue weighted by Crippen LogP contribution is -2.30. The molecule has 4 rings (SSSR count). The van der Waals surface area contributed by atoms with Gasteiger partial charge in [-0.05, 0) is 25.1 Å². The van der Waals surface area contributed by atoms with Crippen LogP contribution in [0.15, 0.2) is 47.0 Å². The molecule has 0 spiro atoms. The van der Waals surface area contributed by atoms with Crippen molar-refractivity contribution in [2.24, 2.45) is 0 Å². The number of furan rings is 1. The predicted octanol–water partition coefficient (Wildman–Crippen LogP) is 4.62. The van der Waals surface area contributed by atoms with Gasteiger partial charge in [0.2, 0.25) is 0 Å². The zero-order chi connectivity index (χ0) is 19.0. The predicted molar refractivity (Wildman–Crippen MR) is 93.7 cm³/mol. The van der Waals surface area contributed by atoms with E-state index >= 15 is 0 Å². The maximum Gasteiger partial charge on any atom is 0.417 e. The van der Waals surface area contributed by atoms with Crippen molar-refractivity contribution in [2.45, 2.75) is 32.6 Å². The van der Waals surface area contributed by atoms with Crippen LogP contribution in [0, 0.1) is 6.92 Å². The fourth-order valence-corrected chi connectivity index (χ4v) is 3.38. The Morgan fingerprint density at radius 1 is 1.15 bits per heavy atom. The molecule has 0 amide bonds. The Morgan fingerprint density at radius 3 is 2.78 bits per heavy atom. The Bertz CT molecular complexity index is 965. The van der Waals surface area contributed by atoms with Crippen LogP contribution in [0.3, 0.4) is 0 Å². The summed E-state index contributed by atoms with van der Waals surface area (Å²) in [6, 6.07) is 8.80. The minimum absolute atomic E-state index is 0.0594. The molecule has 0 bridgehead atoms. The number of aryl methyl sites for hydroxylation is 1. The van der Waals surface area contributed by atoms with E-state index in [9.17, 15) is 13.2 Å². The monoisotopic (exact) mass is 373 g/mol. The third-order valence-electron chi connectivity index (χ3n) is 4.67. The molecule has 1 aliphatic rings. The summed E-state index contributed by atoms with van der Waals surface area (Å²) in [5.74, 6) is 1.63. The lowest BCUT2D eigenvalue weighted by atomic mass is 10.1. The summed E-state index contributed by atoms with van der Waals surface area (Å²) in [7, 11) is 0. The van der Waals surface area contributed by atoms with Crippen LogP contribution >= 0.6 is 0 Å². The molecule has 140 valence electrons. The molecule has 4 nitrogen and oxygen atoms in total. The van der Waals surface area contributed by atoms with Gasteiger partial charge in [0.05, 0.1) is 12.1 Å². The molecule has 0 atom stereocenters. The number of hydrogen-bond donors (Lipinski definition) is 0. The number of aromatic nitrogens is 2. The molecule has 3 aromatic rings. The molecule has 0 fully saturated rings. The fraction of sp³-hybridized carbons (Fsp3) is 0.300. The van der Waals surface area contributed by atoms with Gasteiger partial charge in [0, 0.05) is 42.5 Å². The second-order valence-electron chi connectivity index (χ2n) is 6.66. The molecular weight excluding hydrogens is 355 g/mol. The van der Waals surface area contributed by atoms with Crippen LogP contribution in [0.2, 0.25) is 0 Å². The van der Waals surface area contributed by atoms with E-state index < -0.39 is 11.7 Å². The highest BCUT2D eigenvalue weighted by Gasteiger charge is 2.34. The summed E-state index contributed by atoms with van der Waals surface area (Å²) in [6.45, 7) is 3.92. The molecule has 0 saturated carbocycles. The minimum Gasteiger partial charge on any atom is -0.460 e. The van der Waals surface area contributed by atoms with Crippen molar-refractivity contribution < 1.29 is 17.6 Å². The van der Waals surface area contributed by atoms with Crippen LogP contribution in [0.25, 0.3) is 11.3 Å². The van der Waals surface area contributed by atoms with Crippen molar-refractivity contribution in [1.82, 2.24) is 14.9 Å². The summed E-state index contributed by atoms with van der Waals surface area (Å²) in [4.78, 5) is 10.9. The van der Waals surface area contributed by atoms with Gasteiger partial charge in [-0.2, -0.15) is 13.2 Å². The van der Waals surface area contributed by atoms with E-state index in [2.05, 4.69) is 14.9 Å². The van der Waals surface area contributed by atoms with Crippen LogP contribution in [0.5, 0.6) is 0 Å². The number of halogens is 3. The second kappa shape index (κ2) is 6.81. The van der Waals surface area contributed by atoms with Gasteiger partial charge in [-0.25, -0.2) is 9.97 Å². The first-order valence-electron chi connectivity index (χ1n) is 8.69. The van der Waals surface area contributed by atoms with Gasteiger partial charge in [0.15, 0.2) is 0 Å². The molecule has 2 aromatic heterocycles. The van der Waals surface area contributed by atoms with Gasteiger partial charge in [-0.3, -0.25) is 4.90 Å². The Morgan fingerprint density at radius 2 is 1.96 bits per heavy atom. The van der Waals surface area contributed by atoms with Gasteiger partial charge in [-0.1, -0.05) is 18.2 Å². The number of benzene rings is 1. The van der Waals surface area contributed by atoms with Crippen molar-refractivity contribution in [1.29, 1.82) is 0 Å². The first-order chi connectivity index (χ1) is 12.9. The zero-order valence-electron chi connectivity index (χ0n) is 14.8. The second-order valence-corrected chi connectivity index (χ2v) is 6.66. The van der Waals surface area contributed by atoms with E-state index in [1.807, 2.05) is 13.1 Å². The lowest BCUT2D eigenvalue weighted by molar-refractivity contribution is -0.137. The summed E-state index contributed by atoms with van der Waals surface area (Å²) in [5.41, 5.74) is 1.52. The van der Waals surface area contributed by atoms with Gasteiger partial charge in [0.25, 0.3) is 0 Å². The fourth-order valence-electron chi connectivity index (χ4n) is 3.38. The highest BCUT2D eigenvalue weighted by Crippen LogP contribution is 2.37. The van der Waals surface area contributed by atoms with Crippen LogP contribution in [-0.4, -0.2) is 21.4 Å². The molecule has 1 aromatic carbocycles. The number of alkyl halides is 3. The molecule has 0 radical (unpaired) electrons. The van der Waals surface area contributed by atoms with Gasteiger partial charge in [-0.15, -0.1) is 0 Å². The molecule has 27 heavy (non-hydrogen) atoms. The zero-order valence-corrected chi connectivity index (χ0v) is 14.8. The SMILES string of the molecule is Cc1ncc2c(n1)CCN(Cc1ccc(-c3ccccc3C(F)(F)F)o1)C2. The Hall–Kier alpha value is -2.67. The lowest BCUT2D eigenvalue weighted by Gasteiger charge is -2.27. The van der Waals surface area contributed by atoms with Crippen molar-refractivity contribution >= 4 is 0 Å². The third-order valence-corrected chi connectivity index (χ3v) is 4.67. The van der Waals surface area contributed by atoms with Gasteiger partial charge in [0.1, 0.15) is 17.3 Å². The van der Waals surface area contributed by atoms with Crippen LogP contribution in [0.4, 0.5) is 13.2 Å². The van der Waals surface area contributed by atoms with E-state index in [4.69, 9.17) is 4.42 Å². The van der Waals surface area contributed by atoms with Crippen molar-refractivity contribution in [3.63, 3.8) is 0 Å². The van der Waals surface area contributed by atoms with Gasteiger partial charge < -0.3 is 4.42 Å². The van der Waals surface area contributed by atoms with E-state index in [0.29, 0.717) is 18.8 Å². The van der Waals surface area contributed by atoms with E-state index in [1.54, 1.807) is 18.2 Å². The summed E-state index contributed by atoms with van der Waals surface area (Å²) in [5, 5.41) is 0. The number of hydrogen-bond acceptors (Lipinski definition) is 4. The van der Waals surface area contributed by atoms with E-state index in [1.165, 1.54) is 12.1 Å². The summed E-state index contributed by atoms with van der Waals surface area (Å²) >= 11 is 0. The van der Waals surface area contributed by atoms with Crippen LogP contribution in [-0.2, 0) is 25.7 Å². The largest absolute Gasteiger partial charge is 0.460 e. The average molecular weight is 373 g/mol.